The SMILES string of the molecule is CN1C(=O)Cc2cc(C(=O)CCNC(=O)COc3ccc(Cl)cc3)ccc21. The molecule has 0 atom stereocenters. The number of fused-ring (bicyclic) bond motifs is 1. The van der Waals surface area contributed by atoms with E-state index in [2.05, 4.69) is 5.32 Å². The third-order valence-corrected chi connectivity index (χ3v) is 4.59. The number of Topliss-reactive ketones (excluding diaryl/α,β-unsaturated/α-hetero) is 1. The summed E-state index contributed by atoms with van der Waals surface area (Å²) in [5.41, 5.74) is 2.24. The Labute approximate surface area is 162 Å². The van der Waals surface area contributed by atoms with Gasteiger partial charge in [0.25, 0.3) is 5.91 Å². The van der Waals surface area contributed by atoms with Crippen LogP contribution in [0, 0.1) is 0 Å². The van der Waals surface area contributed by atoms with Gasteiger partial charge < -0.3 is 15.0 Å². The number of nitrogens with zero attached hydrogens (tertiary/aromatic N) is 1. The van der Waals surface area contributed by atoms with Gasteiger partial charge in [0.05, 0.1) is 6.42 Å². The maximum atomic E-state index is 12.3. The minimum Gasteiger partial charge on any atom is -0.484 e. The minimum absolute atomic E-state index is 0.0162. The molecule has 3 rings (SSSR count). The summed E-state index contributed by atoms with van der Waals surface area (Å²) in [7, 11) is 1.72. The average molecular weight is 387 g/mol. The molecule has 0 aliphatic carbocycles. The number of carbonyl (C=O) groups excluding carboxylic acids is 3. The van der Waals surface area contributed by atoms with E-state index < -0.39 is 0 Å². The molecule has 0 saturated heterocycles. The lowest BCUT2D eigenvalue weighted by molar-refractivity contribution is -0.123. The lowest BCUT2D eigenvalue weighted by atomic mass is 10.0. The molecular formula is C20H19ClN2O4. The minimum atomic E-state index is -0.307. The molecule has 1 heterocycles. The van der Waals surface area contributed by atoms with Crippen molar-refractivity contribution >= 4 is 34.9 Å². The lowest BCUT2D eigenvalue weighted by Gasteiger charge is -2.10. The quantitative estimate of drug-likeness (QED) is 0.742. The van der Waals surface area contributed by atoms with Crippen LogP contribution in [-0.2, 0) is 16.0 Å². The first kappa shape index (κ1) is 18.9. The van der Waals surface area contributed by atoms with Crippen LogP contribution in [-0.4, -0.2) is 37.8 Å². The van der Waals surface area contributed by atoms with E-state index in [1.54, 1.807) is 54.4 Å². The lowest BCUT2D eigenvalue weighted by Crippen LogP contribution is -2.30. The van der Waals surface area contributed by atoms with Crippen molar-refractivity contribution in [2.45, 2.75) is 12.8 Å². The number of carbonyl (C=O) groups is 3. The van der Waals surface area contributed by atoms with E-state index in [0.29, 0.717) is 22.8 Å². The molecule has 0 fully saturated rings. The van der Waals surface area contributed by atoms with Gasteiger partial charge in [-0.2, -0.15) is 0 Å². The first-order valence-corrected chi connectivity index (χ1v) is 8.89. The molecule has 1 N–H and O–H groups in total. The summed E-state index contributed by atoms with van der Waals surface area (Å²) in [6.45, 7) is 0.0840. The highest BCUT2D eigenvalue weighted by molar-refractivity contribution is 6.30. The summed E-state index contributed by atoms with van der Waals surface area (Å²) < 4.78 is 5.34. The largest absolute Gasteiger partial charge is 0.484 e. The van der Waals surface area contributed by atoms with Crippen LogP contribution >= 0.6 is 11.6 Å². The molecule has 27 heavy (non-hydrogen) atoms. The number of hydrogen-bond donors (Lipinski definition) is 1. The van der Waals surface area contributed by atoms with E-state index in [4.69, 9.17) is 16.3 Å². The number of ketones is 1. The Hall–Kier alpha value is -2.86. The van der Waals surface area contributed by atoms with Gasteiger partial charge in [0, 0.05) is 36.3 Å². The molecule has 1 aliphatic heterocycles. The van der Waals surface area contributed by atoms with Crippen molar-refractivity contribution in [3.63, 3.8) is 0 Å². The second-order valence-corrected chi connectivity index (χ2v) is 6.68. The second-order valence-electron chi connectivity index (χ2n) is 6.24. The summed E-state index contributed by atoms with van der Waals surface area (Å²) in [4.78, 5) is 37.4. The van der Waals surface area contributed by atoms with Crippen molar-refractivity contribution in [3.8, 4) is 5.75 Å². The molecule has 0 unspecified atom stereocenters. The number of hydrogen-bond acceptors (Lipinski definition) is 4. The first-order valence-electron chi connectivity index (χ1n) is 8.52. The predicted octanol–water partition coefficient (Wildman–Crippen LogP) is 2.63. The number of anilines is 1. The molecule has 0 bridgehead atoms. The second kappa shape index (κ2) is 8.22. The van der Waals surface area contributed by atoms with Gasteiger partial charge in [-0.3, -0.25) is 14.4 Å². The van der Waals surface area contributed by atoms with Crippen molar-refractivity contribution in [2.75, 3.05) is 25.1 Å². The molecule has 2 amide bonds. The van der Waals surface area contributed by atoms with E-state index in [-0.39, 0.29) is 37.2 Å². The molecule has 0 aromatic heterocycles. The highest BCUT2D eigenvalue weighted by Crippen LogP contribution is 2.28. The fraction of sp³-hybridized carbons (Fsp3) is 0.250. The zero-order valence-corrected chi connectivity index (χ0v) is 15.6. The van der Waals surface area contributed by atoms with E-state index in [1.165, 1.54) is 0 Å². The highest BCUT2D eigenvalue weighted by Gasteiger charge is 2.24. The molecule has 6 nitrogen and oxygen atoms in total. The number of rotatable bonds is 7. The maximum absolute atomic E-state index is 12.3. The standard InChI is InChI=1S/C20H19ClN2O4/c1-23-17-7-2-13(10-14(17)11-20(23)26)18(24)8-9-22-19(25)12-27-16-5-3-15(21)4-6-16/h2-7,10H,8-9,11-12H2,1H3,(H,22,25). The van der Waals surface area contributed by atoms with Crippen LogP contribution in [0.1, 0.15) is 22.3 Å². The van der Waals surface area contributed by atoms with Crippen molar-refractivity contribution in [3.05, 3.63) is 58.6 Å². The van der Waals surface area contributed by atoms with Crippen molar-refractivity contribution in [1.29, 1.82) is 0 Å². The monoisotopic (exact) mass is 386 g/mol. The van der Waals surface area contributed by atoms with Crippen LogP contribution in [0.4, 0.5) is 5.69 Å². The Morgan fingerprint density at radius 2 is 1.93 bits per heavy atom. The van der Waals surface area contributed by atoms with Gasteiger partial charge in [-0.1, -0.05) is 11.6 Å². The number of amides is 2. The molecule has 2 aromatic rings. The third-order valence-electron chi connectivity index (χ3n) is 4.34. The maximum Gasteiger partial charge on any atom is 0.257 e. The molecular weight excluding hydrogens is 368 g/mol. The number of likely N-dealkylation sites (N-methyl/N-ethyl adjacent to an activating group) is 1. The predicted molar refractivity (Wildman–Crippen MR) is 102 cm³/mol. The van der Waals surface area contributed by atoms with Crippen LogP contribution < -0.4 is 15.0 Å². The number of nitrogens with one attached hydrogen (secondary N) is 1. The van der Waals surface area contributed by atoms with Crippen LogP contribution in [0.3, 0.4) is 0 Å². The molecule has 0 radical (unpaired) electrons. The summed E-state index contributed by atoms with van der Waals surface area (Å²) in [5, 5.41) is 3.25. The summed E-state index contributed by atoms with van der Waals surface area (Å²) in [5.74, 6) is 0.170. The molecule has 0 spiro atoms. The Kier molecular flexibility index (Phi) is 5.76. The number of halogens is 1. The summed E-state index contributed by atoms with van der Waals surface area (Å²) in [6, 6.07) is 12.0. The Morgan fingerprint density at radius 1 is 1.19 bits per heavy atom. The smallest absolute Gasteiger partial charge is 0.257 e. The zero-order valence-electron chi connectivity index (χ0n) is 14.8. The van der Waals surface area contributed by atoms with Gasteiger partial charge in [-0.05, 0) is 48.0 Å². The van der Waals surface area contributed by atoms with Gasteiger partial charge in [0.2, 0.25) is 5.91 Å². The average Bonchev–Trinajstić information content (AvgIpc) is 2.94. The Balaban J connectivity index is 1.44. The summed E-state index contributed by atoms with van der Waals surface area (Å²) in [6.07, 6.45) is 0.487. The Bertz CT molecular complexity index is 880. The van der Waals surface area contributed by atoms with E-state index in [1.807, 2.05) is 0 Å². The number of benzene rings is 2. The third kappa shape index (κ3) is 4.65. The number of ether oxygens (including phenoxy) is 1. The van der Waals surface area contributed by atoms with E-state index in [0.717, 1.165) is 11.3 Å². The molecule has 0 saturated carbocycles. The van der Waals surface area contributed by atoms with E-state index >= 15 is 0 Å². The molecule has 2 aromatic carbocycles. The van der Waals surface area contributed by atoms with Crippen LogP contribution in [0.15, 0.2) is 42.5 Å². The first-order chi connectivity index (χ1) is 12.9. The summed E-state index contributed by atoms with van der Waals surface area (Å²) >= 11 is 5.78. The molecule has 140 valence electrons. The van der Waals surface area contributed by atoms with Crippen molar-refractivity contribution in [2.24, 2.45) is 0 Å². The van der Waals surface area contributed by atoms with Crippen LogP contribution in [0.5, 0.6) is 5.75 Å². The normalized spacial score (nSPS) is 12.7. The van der Waals surface area contributed by atoms with Crippen LogP contribution in [0.25, 0.3) is 0 Å². The molecule has 1 aliphatic rings. The van der Waals surface area contributed by atoms with E-state index in [9.17, 15) is 14.4 Å². The zero-order chi connectivity index (χ0) is 19.4. The van der Waals surface area contributed by atoms with Crippen LogP contribution in [0.2, 0.25) is 5.02 Å². The van der Waals surface area contributed by atoms with Crippen molar-refractivity contribution in [1.82, 2.24) is 5.32 Å². The van der Waals surface area contributed by atoms with Gasteiger partial charge in [-0.25, -0.2) is 0 Å². The van der Waals surface area contributed by atoms with Crippen molar-refractivity contribution < 1.29 is 19.1 Å². The fourth-order valence-electron chi connectivity index (χ4n) is 2.83. The van der Waals surface area contributed by atoms with Gasteiger partial charge in [0.1, 0.15) is 5.75 Å². The van der Waals surface area contributed by atoms with Gasteiger partial charge in [-0.15, -0.1) is 0 Å². The molecule has 7 heteroatoms. The Morgan fingerprint density at radius 3 is 2.67 bits per heavy atom. The van der Waals surface area contributed by atoms with Gasteiger partial charge >= 0.3 is 0 Å². The fourth-order valence-corrected chi connectivity index (χ4v) is 2.96. The van der Waals surface area contributed by atoms with Gasteiger partial charge in [0.15, 0.2) is 12.4 Å². The highest BCUT2D eigenvalue weighted by atomic mass is 35.5. The topological polar surface area (TPSA) is 75.7 Å².